The summed E-state index contributed by atoms with van der Waals surface area (Å²) in [4.78, 5) is 24.6. The Morgan fingerprint density at radius 3 is 2.39 bits per heavy atom. The van der Waals surface area contributed by atoms with Crippen molar-refractivity contribution >= 4 is 35.8 Å². The number of nitrogens with zero attached hydrogens (tertiary/aromatic N) is 3. The fourth-order valence-electron chi connectivity index (χ4n) is 4.39. The van der Waals surface area contributed by atoms with Gasteiger partial charge in [-0.05, 0) is 37.5 Å². The number of amides is 1. The van der Waals surface area contributed by atoms with E-state index in [0.29, 0.717) is 35.1 Å². The first-order valence-corrected chi connectivity index (χ1v) is 10.4. The fraction of sp³-hybridized carbons (Fsp3) is 0.318. The van der Waals surface area contributed by atoms with Crippen LogP contribution in [0.25, 0.3) is 16.6 Å². The van der Waals surface area contributed by atoms with E-state index in [9.17, 15) is 33.2 Å². The molecule has 7 nitrogen and oxygen atoms in total. The summed E-state index contributed by atoms with van der Waals surface area (Å²) in [5, 5.41) is 22.2. The Balaban J connectivity index is 1.99. The molecular weight excluding hydrogens is 438 g/mol. The van der Waals surface area contributed by atoms with Crippen LogP contribution >= 0.6 is 0 Å². The Labute approximate surface area is 188 Å². The molecule has 1 atom stereocenters. The highest BCUT2D eigenvalue weighted by Gasteiger charge is 2.63. The molecule has 172 valence electrons. The van der Waals surface area contributed by atoms with Gasteiger partial charge in [0.05, 0.1) is 10.4 Å². The van der Waals surface area contributed by atoms with E-state index in [1.807, 2.05) is 0 Å². The van der Waals surface area contributed by atoms with E-state index >= 15 is 0 Å². The molecular formula is C22H21BF3N3O4. The lowest BCUT2D eigenvalue weighted by Gasteiger charge is -2.32. The fourth-order valence-corrected chi connectivity index (χ4v) is 4.39. The van der Waals surface area contributed by atoms with Crippen molar-refractivity contribution in [3.05, 3.63) is 63.8 Å². The monoisotopic (exact) mass is 459 g/mol. The summed E-state index contributed by atoms with van der Waals surface area (Å²) < 4.78 is 44.5. The van der Waals surface area contributed by atoms with Crippen molar-refractivity contribution in [1.82, 2.24) is 9.47 Å². The zero-order chi connectivity index (χ0) is 24.1. The molecule has 3 aromatic rings. The van der Waals surface area contributed by atoms with Crippen molar-refractivity contribution in [2.75, 3.05) is 13.1 Å². The van der Waals surface area contributed by atoms with Crippen LogP contribution in [0, 0.1) is 17.0 Å². The molecule has 1 aliphatic rings. The molecule has 0 bridgehead atoms. The second-order valence-electron chi connectivity index (χ2n) is 8.37. The van der Waals surface area contributed by atoms with Gasteiger partial charge in [-0.3, -0.25) is 14.9 Å². The summed E-state index contributed by atoms with van der Waals surface area (Å²) in [7, 11) is 1.70. The summed E-state index contributed by atoms with van der Waals surface area (Å²) in [6, 6.07) is 8.82. The first kappa shape index (κ1) is 22.8. The Morgan fingerprint density at radius 2 is 1.82 bits per heavy atom. The van der Waals surface area contributed by atoms with Crippen LogP contribution in [0.5, 0.6) is 0 Å². The maximum atomic E-state index is 14.4. The van der Waals surface area contributed by atoms with E-state index in [4.69, 9.17) is 0 Å². The molecule has 1 aromatic heterocycles. The minimum atomic E-state index is -5.26. The van der Waals surface area contributed by atoms with Crippen molar-refractivity contribution < 1.29 is 28.0 Å². The summed E-state index contributed by atoms with van der Waals surface area (Å²) in [6.45, 7) is 1.90. The van der Waals surface area contributed by atoms with Gasteiger partial charge in [-0.1, -0.05) is 17.6 Å². The van der Waals surface area contributed by atoms with E-state index in [2.05, 4.69) is 0 Å². The number of hydrogen-bond donors (Lipinski definition) is 1. The zero-order valence-corrected chi connectivity index (χ0v) is 18.0. The van der Waals surface area contributed by atoms with Gasteiger partial charge in [-0.2, -0.15) is 13.2 Å². The third kappa shape index (κ3) is 3.66. The predicted molar refractivity (Wildman–Crippen MR) is 119 cm³/mol. The molecule has 33 heavy (non-hydrogen) atoms. The van der Waals surface area contributed by atoms with Gasteiger partial charge < -0.3 is 14.6 Å². The average Bonchev–Trinajstić information content (AvgIpc) is 3.40. The molecule has 2 aromatic carbocycles. The minimum Gasteiger partial charge on any atom is -0.368 e. The van der Waals surface area contributed by atoms with Crippen molar-refractivity contribution in [3.63, 3.8) is 0 Å². The molecule has 1 saturated heterocycles. The first-order chi connectivity index (χ1) is 15.4. The topological polar surface area (TPSA) is 88.6 Å². The highest BCUT2D eigenvalue weighted by Crippen LogP contribution is 2.45. The maximum Gasteiger partial charge on any atom is 0.430 e. The lowest BCUT2D eigenvalue weighted by atomic mass is 9.88. The summed E-state index contributed by atoms with van der Waals surface area (Å²) in [5.74, 6) is -1.39. The number of carbonyl (C=O) groups excluding carboxylic acids is 1. The van der Waals surface area contributed by atoms with Gasteiger partial charge in [-0.25, -0.2) is 0 Å². The molecule has 1 aliphatic heterocycles. The number of non-ortho nitro benzene ring substituents is 1. The number of carbonyl (C=O) groups is 1. The lowest BCUT2D eigenvalue weighted by Crippen LogP contribution is -2.55. The normalized spacial score (nSPS) is 16.2. The van der Waals surface area contributed by atoms with Crippen LogP contribution in [-0.2, 0) is 10.4 Å². The van der Waals surface area contributed by atoms with Crippen LogP contribution in [0.4, 0.5) is 18.9 Å². The van der Waals surface area contributed by atoms with Gasteiger partial charge in [0.2, 0.25) is 0 Å². The Hall–Kier alpha value is -3.34. The number of halogens is 3. The summed E-state index contributed by atoms with van der Waals surface area (Å²) >= 11 is 0. The number of nitro benzene ring substituents is 1. The molecule has 1 N–H and O–H groups in total. The number of aliphatic hydroxyl groups is 1. The van der Waals surface area contributed by atoms with Gasteiger partial charge in [0.25, 0.3) is 17.2 Å². The van der Waals surface area contributed by atoms with E-state index in [0.717, 1.165) is 11.1 Å². The van der Waals surface area contributed by atoms with E-state index in [1.54, 1.807) is 26.9 Å². The van der Waals surface area contributed by atoms with Gasteiger partial charge in [-0.15, -0.1) is 0 Å². The largest absolute Gasteiger partial charge is 0.430 e. The van der Waals surface area contributed by atoms with Gasteiger partial charge in [0.15, 0.2) is 0 Å². The quantitative estimate of drug-likeness (QED) is 0.369. The number of aryl methyl sites for hydroxylation is 1. The van der Waals surface area contributed by atoms with Gasteiger partial charge >= 0.3 is 6.18 Å². The van der Waals surface area contributed by atoms with Crippen molar-refractivity contribution in [2.45, 2.75) is 31.5 Å². The highest BCUT2D eigenvalue weighted by atomic mass is 19.4. The van der Waals surface area contributed by atoms with Gasteiger partial charge in [0.1, 0.15) is 7.85 Å². The standard InChI is InChI=1S/C22H21BF3N3O4/c1-13-10-15(29(32)33)5-7-18(13)28-12-17(16-11-14(23)4-6-19(16)28)21(31,22(24,25)26)20(30)27-8-2-3-9-27/h4-7,10-12,31H,2-3,8-9,23H2,1H3. The predicted octanol–water partition coefficient (Wildman–Crippen LogP) is 2.48. The van der Waals surface area contributed by atoms with Crippen LogP contribution in [0.1, 0.15) is 24.0 Å². The number of hydrogen-bond acceptors (Lipinski definition) is 4. The number of fused-ring (bicyclic) bond motifs is 1. The van der Waals surface area contributed by atoms with E-state index in [1.165, 1.54) is 28.8 Å². The SMILES string of the molecule is Bc1ccc2c(c1)c(C(O)(C(=O)N1CCCC1)C(F)(F)F)cn2-c1ccc([N+](=O)[O-])cc1C. The molecule has 1 unspecified atom stereocenters. The van der Waals surface area contributed by atoms with Crippen LogP contribution in [0.3, 0.4) is 0 Å². The van der Waals surface area contributed by atoms with E-state index < -0.39 is 28.2 Å². The van der Waals surface area contributed by atoms with Crippen LogP contribution < -0.4 is 5.46 Å². The van der Waals surface area contributed by atoms with Crippen LogP contribution in [0.15, 0.2) is 42.6 Å². The second-order valence-corrected chi connectivity index (χ2v) is 8.37. The average molecular weight is 459 g/mol. The maximum absolute atomic E-state index is 14.4. The number of rotatable bonds is 4. The number of aromatic nitrogens is 1. The molecule has 1 amide bonds. The highest BCUT2D eigenvalue weighted by molar-refractivity contribution is 6.33. The molecule has 0 saturated carbocycles. The second kappa shape index (κ2) is 7.91. The van der Waals surface area contributed by atoms with Crippen molar-refractivity contribution in [2.24, 2.45) is 0 Å². The summed E-state index contributed by atoms with van der Waals surface area (Å²) in [6.07, 6.45) is -3.01. The Kier molecular flexibility index (Phi) is 5.48. The lowest BCUT2D eigenvalue weighted by molar-refractivity contribution is -0.384. The van der Waals surface area contributed by atoms with Gasteiger partial charge in [0, 0.05) is 48.1 Å². The van der Waals surface area contributed by atoms with E-state index in [-0.39, 0.29) is 24.2 Å². The number of alkyl halides is 3. The van der Waals surface area contributed by atoms with Crippen LogP contribution in [0.2, 0.25) is 0 Å². The number of nitro groups is 1. The minimum absolute atomic E-state index is 0.0834. The smallest absolute Gasteiger partial charge is 0.368 e. The molecule has 11 heteroatoms. The number of benzene rings is 2. The molecule has 0 spiro atoms. The molecule has 0 aliphatic carbocycles. The molecule has 4 rings (SSSR count). The summed E-state index contributed by atoms with van der Waals surface area (Å²) in [5.41, 5.74) is -2.61. The van der Waals surface area contributed by atoms with Crippen molar-refractivity contribution in [3.8, 4) is 5.69 Å². The molecule has 2 heterocycles. The Morgan fingerprint density at radius 1 is 1.15 bits per heavy atom. The van der Waals surface area contributed by atoms with Crippen molar-refractivity contribution in [1.29, 1.82) is 0 Å². The Bertz CT molecular complexity index is 1270. The van der Waals surface area contributed by atoms with Crippen LogP contribution in [-0.4, -0.2) is 52.5 Å². The third-order valence-electron chi connectivity index (χ3n) is 6.11. The molecule has 1 fully saturated rings. The third-order valence-corrected chi connectivity index (χ3v) is 6.11. The number of likely N-dealkylation sites (tertiary alicyclic amines) is 1. The first-order valence-electron chi connectivity index (χ1n) is 10.4. The molecule has 0 radical (unpaired) electrons. The zero-order valence-electron chi connectivity index (χ0n) is 18.0.